The molecule has 0 fully saturated rings. The summed E-state index contributed by atoms with van der Waals surface area (Å²) in [4.78, 5) is 16.0. The highest BCUT2D eigenvalue weighted by atomic mass is 19.1. The fraction of sp³-hybridized carbons (Fsp3) is 0.0588. The van der Waals surface area contributed by atoms with E-state index in [1.165, 1.54) is 30.8 Å². The molecule has 0 bridgehead atoms. The summed E-state index contributed by atoms with van der Waals surface area (Å²) in [6, 6.07) is 8.45. The van der Waals surface area contributed by atoms with Crippen LogP contribution in [-0.2, 0) is 6.54 Å². The van der Waals surface area contributed by atoms with Crippen molar-refractivity contribution in [2.24, 2.45) is 0 Å². The molecular weight excluding hydrogens is 316 g/mol. The molecule has 0 radical (unpaired) electrons. The first-order chi connectivity index (χ1) is 11.6. The molecule has 0 aliphatic carbocycles. The van der Waals surface area contributed by atoms with Crippen molar-refractivity contribution in [3.63, 3.8) is 0 Å². The lowest BCUT2D eigenvalue weighted by Crippen LogP contribution is -2.22. The molecule has 2 aromatic heterocycles. The summed E-state index contributed by atoms with van der Waals surface area (Å²) in [5.41, 5.74) is 0.250. The molecule has 3 rings (SSSR count). The van der Waals surface area contributed by atoms with Gasteiger partial charge in [-0.1, -0.05) is 6.07 Å². The van der Waals surface area contributed by atoms with Gasteiger partial charge in [0, 0.05) is 6.20 Å². The number of halogens is 2. The third-order valence-electron chi connectivity index (χ3n) is 3.24. The fourth-order valence-electron chi connectivity index (χ4n) is 2.08. The molecule has 0 atom stereocenters. The molecule has 0 aliphatic rings. The average molecular weight is 329 g/mol. The number of benzene rings is 1. The van der Waals surface area contributed by atoms with Crippen molar-refractivity contribution in [3.8, 4) is 0 Å². The Hall–Kier alpha value is -3.22. The Labute approximate surface area is 136 Å². The largest absolute Gasteiger partial charge is 0.467 e. The molecule has 1 amide bonds. The highest BCUT2D eigenvalue weighted by Crippen LogP contribution is 2.23. The predicted octanol–water partition coefficient (Wildman–Crippen LogP) is 3.63. The van der Waals surface area contributed by atoms with E-state index >= 15 is 0 Å². The van der Waals surface area contributed by atoms with Crippen LogP contribution in [0.4, 0.5) is 20.2 Å². The van der Waals surface area contributed by atoms with Crippen LogP contribution in [0, 0.1) is 11.6 Å². The maximum Gasteiger partial charge on any atom is 0.253 e. The van der Waals surface area contributed by atoms with E-state index in [9.17, 15) is 13.6 Å². The number of amides is 1. The van der Waals surface area contributed by atoms with E-state index in [4.69, 9.17) is 4.42 Å². The first kappa shape index (κ1) is 15.7. The molecule has 24 heavy (non-hydrogen) atoms. The molecular formula is C17H13F2N3O2. The number of anilines is 2. The van der Waals surface area contributed by atoms with Crippen LogP contribution in [0.3, 0.4) is 0 Å². The van der Waals surface area contributed by atoms with E-state index in [0.717, 1.165) is 12.1 Å². The van der Waals surface area contributed by atoms with Crippen LogP contribution in [0.2, 0.25) is 0 Å². The number of nitrogens with zero attached hydrogens (tertiary/aromatic N) is 1. The number of hydrogen-bond acceptors (Lipinski definition) is 4. The zero-order chi connectivity index (χ0) is 16.9. The van der Waals surface area contributed by atoms with Gasteiger partial charge in [-0.2, -0.15) is 0 Å². The highest BCUT2D eigenvalue weighted by molar-refractivity contribution is 5.94. The van der Waals surface area contributed by atoms with Gasteiger partial charge in [-0.15, -0.1) is 0 Å². The van der Waals surface area contributed by atoms with Gasteiger partial charge in [0.1, 0.15) is 23.1 Å². The lowest BCUT2D eigenvalue weighted by Gasteiger charge is -2.09. The molecule has 122 valence electrons. The first-order valence-corrected chi connectivity index (χ1v) is 7.10. The van der Waals surface area contributed by atoms with Crippen LogP contribution in [0.25, 0.3) is 0 Å². The predicted molar refractivity (Wildman–Crippen MR) is 83.8 cm³/mol. The van der Waals surface area contributed by atoms with Crippen LogP contribution < -0.4 is 10.6 Å². The van der Waals surface area contributed by atoms with Gasteiger partial charge < -0.3 is 15.1 Å². The van der Waals surface area contributed by atoms with Crippen LogP contribution >= 0.6 is 0 Å². The smallest absolute Gasteiger partial charge is 0.253 e. The summed E-state index contributed by atoms with van der Waals surface area (Å²) < 4.78 is 32.4. The van der Waals surface area contributed by atoms with Crippen molar-refractivity contribution in [2.45, 2.75) is 6.54 Å². The van der Waals surface area contributed by atoms with Gasteiger partial charge in [0.05, 0.1) is 30.3 Å². The number of hydrogen-bond donors (Lipinski definition) is 2. The second-order valence-corrected chi connectivity index (χ2v) is 4.95. The molecule has 1 aromatic carbocycles. The molecule has 0 aliphatic heterocycles. The van der Waals surface area contributed by atoms with E-state index < -0.39 is 11.6 Å². The van der Waals surface area contributed by atoms with Crippen LogP contribution in [0.15, 0.2) is 59.5 Å². The maximum absolute atomic E-state index is 13.7. The normalized spacial score (nSPS) is 10.4. The second kappa shape index (κ2) is 6.91. The summed E-state index contributed by atoms with van der Waals surface area (Å²) >= 11 is 0. The molecule has 0 saturated carbocycles. The van der Waals surface area contributed by atoms with Gasteiger partial charge in [-0.3, -0.25) is 9.78 Å². The second-order valence-electron chi connectivity index (χ2n) is 4.95. The Bertz CT molecular complexity index is 831. The lowest BCUT2D eigenvalue weighted by molar-refractivity contribution is 0.0947. The van der Waals surface area contributed by atoms with Gasteiger partial charge in [-0.05, 0) is 30.3 Å². The van der Waals surface area contributed by atoms with Crippen molar-refractivity contribution >= 4 is 17.3 Å². The molecule has 0 unspecified atom stereocenters. The van der Waals surface area contributed by atoms with Gasteiger partial charge in [0.2, 0.25) is 0 Å². The number of rotatable bonds is 5. The van der Waals surface area contributed by atoms with Crippen molar-refractivity contribution < 1.29 is 18.0 Å². The van der Waals surface area contributed by atoms with Crippen molar-refractivity contribution in [3.05, 3.63) is 78.0 Å². The molecule has 7 heteroatoms. The monoisotopic (exact) mass is 329 g/mol. The summed E-state index contributed by atoms with van der Waals surface area (Å²) in [6.07, 6.45) is 4.24. The Morgan fingerprint density at radius 2 is 1.92 bits per heavy atom. The van der Waals surface area contributed by atoms with Crippen molar-refractivity contribution in [1.82, 2.24) is 10.3 Å². The van der Waals surface area contributed by atoms with E-state index in [-0.39, 0.29) is 23.7 Å². The van der Waals surface area contributed by atoms with E-state index in [2.05, 4.69) is 15.6 Å². The minimum Gasteiger partial charge on any atom is -0.467 e. The Kier molecular flexibility index (Phi) is 4.51. The minimum absolute atomic E-state index is 0.228. The van der Waals surface area contributed by atoms with Gasteiger partial charge in [0.15, 0.2) is 0 Å². The first-order valence-electron chi connectivity index (χ1n) is 7.10. The molecule has 0 spiro atoms. The zero-order valence-electron chi connectivity index (χ0n) is 12.4. The summed E-state index contributed by atoms with van der Waals surface area (Å²) in [7, 11) is 0. The highest BCUT2D eigenvalue weighted by Gasteiger charge is 2.11. The SMILES string of the molecule is O=C(NCc1ccco1)c1cncc(Nc2c(F)cccc2F)c1. The van der Waals surface area contributed by atoms with Crippen molar-refractivity contribution in [2.75, 3.05) is 5.32 Å². The molecule has 2 heterocycles. The molecule has 2 N–H and O–H groups in total. The summed E-state index contributed by atoms with van der Waals surface area (Å²) in [5, 5.41) is 5.26. The number of furan rings is 1. The number of nitrogens with one attached hydrogen (secondary N) is 2. The van der Waals surface area contributed by atoms with Crippen LogP contribution in [0.1, 0.15) is 16.1 Å². The third kappa shape index (κ3) is 3.57. The quantitative estimate of drug-likeness (QED) is 0.750. The summed E-state index contributed by atoms with van der Waals surface area (Å²) in [5.74, 6) is -1.24. The van der Waals surface area contributed by atoms with E-state index in [0.29, 0.717) is 11.4 Å². The molecule has 0 saturated heterocycles. The number of para-hydroxylation sites is 1. The molecule has 5 nitrogen and oxygen atoms in total. The Morgan fingerprint density at radius 3 is 2.62 bits per heavy atom. The Morgan fingerprint density at radius 1 is 1.12 bits per heavy atom. The van der Waals surface area contributed by atoms with Gasteiger partial charge in [0.25, 0.3) is 5.91 Å². The number of pyridine rings is 1. The van der Waals surface area contributed by atoms with Gasteiger partial charge >= 0.3 is 0 Å². The number of carbonyl (C=O) groups is 1. The third-order valence-corrected chi connectivity index (χ3v) is 3.24. The minimum atomic E-state index is -0.734. The average Bonchev–Trinajstić information content (AvgIpc) is 3.10. The zero-order valence-corrected chi connectivity index (χ0v) is 12.4. The number of carbonyl (C=O) groups excluding carboxylic acids is 1. The Balaban J connectivity index is 1.73. The number of aromatic nitrogens is 1. The lowest BCUT2D eigenvalue weighted by atomic mass is 10.2. The van der Waals surface area contributed by atoms with E-state index in [1.807, 2.05) is 0 Å². The maximum atomic E-state index is 13.7. The summed E-state index contributed by atoms with van der Waals surface area (Å²) in [6.45, 7) is 0.228. The fourth-order valence-corrected chi connectivity index (χ4v) is 2.08. The topological polar surface area (TPSA) is 67.2 Å². The van der Waals surface area contributed by atoms with Crippen LogP contribution in [-0.4, -0.2) is 10.9 Å². The molecule has 3 aromatic rings. The van der Waals surface area contributed by atoms with Gasteiger partial charge in [-0.25, -0.2) is 8.78 Å². The standard InChI is InChI=1S/C17H13F2N3O2/c18-14-4-1-5-15(19)16(14)22-12-7-11(8-20-9-12)17(23)21-10-13-3-2-6-24-13/h1-9,22H,10H2,(H,21,23). The van der Waals surface area contributed by atoms with E-state index in [1.54, 1.807) is 12.1 Å². The van der Waals surface area contributed by atoms with Crippen LogP contribution in [0.5, 0.6) is 0 Å². The van der Waals surface area contributed by atoms with Crippen molar-refractivity contribution in [1.29, 1.82) is 0 Å².